The van der Waals surface area contributed by atoms with Crippen LogP contribution in [0.25, 0.3) is 6.08 Å². The fraction of sp³-hybridized carbons (Fsp3) is 0.308. The fourth-order valence-corrected chi connectivity index (χ4v) is 1.91. The molecule has 0 aromatic heterocycles. The second kappa shape index (κ2) is 7.12. The summed E-state index contributed by atoms with van der Waals surface area (Å²) in [4.78, 5) is 11.2. The molecular formula is C13H16O2S. The number of esters is 1. The number of benzene rings is 1. The van der Waals surface area contributed by atoms with Crippen molar-refractivity contribution in [3.63, 3.8) is 0 Å². The molecule has 0 heterocycles. The largest absolute Gasteiger partial charge is 0.463 e. The van der Waals surface area contributed by atoms with E-state index in [-0.39, 0.29) is 5.97 Å². The van der Waals surface area contributed by atoms with E-state index in [0.29, 0.717) is 6.61 Å². The number of hydrogen-bond acceptors (Lipinski definition) is 3. The molecule has 0 radical (unpaired) electrons. The summed E-state index contributed by atoms with van der Waals surface area (Å²) in [6, 6.07) is 8.05. The number of rotatable bonds is 5. The van der Waals surface area contributed by atoms with Crippen LogP contribution in [0.15, 0.2) is 30.3 Å². The highest BCUT2D eigenvalue weighted by molar-refractivity contribution is 7.97. The molecule has 16 heavy (non-hydrogen) atoms. The molecule has 3 heteroatoms. The van der Waals surface area contributed by atoms with Crippen molar-refractivity contribution in [2.45, 2.75) is 12.7 Å². The van der Waals surface area contributed by atoms with Crippen LogP contribution in [-0.4, -0.2) is 18.8 Å². The second-order valence-corrected chi connectivity index (χ2v) is 4.08. The van der Waals surface area contributed by atoms with Crippen LogP contribution in [0.3, 0.4) is 0 Å². The summed E-state index contributed by atoms with van der Waals surface area (Å²) in [6.07, 6.45) is 5.35. The molecule has 0 saturated carbocycles. The lowest BCUT2D eigenvalue weighted by molar-refractivity contribution is -0.137. The minimum atomic E-state index is -0.290. The molecule has 0 spiro atoms. The average Bonchev–Trinajstić information content (AvgIpc) is 2.29. The molecule has 0 atom stereocenters. The van der Waals surface area contributed by atoms with Gasteiger partial charge in [-0.2, -0.15) is 11.8 Å². The molecule has 0 bridgehead atoms. The van der Waals surface area contributed by atoms with Crippen LogP contribution >= 0.6 is 11.8 Å². The van der Waals surface area contributed by atoms with Gasteiger partial charge in [-0.15, -0.1) is 0 Å². The zero-order chi connectivity index (χ0) is 11.8. The first-order valence-electron chi connectivity index (χ1n) is 5.19. The first-order valence-corrected chi connectivity index (χ1v) is 6.59. The Labute approximate surface area is 101 Å². The summed E-state index contributed by atoms with van der Waals surface area (Å²) < 4.78 is 4.83. The Bertz CT molecular complexity index is 372. The molecule has 0 fully saturated rings. The maximum atomic E-state index is 11.2. The van der Waals surface area contributed by atoms with Gasteiger partial charge in [0, 0.05) is 11.8 Å². The van der Waals surface area contributed by atoms with E-state index >= 15 is 0 Å². The zero-order valence-electron chi connectivity index (χ0n) is 9.60. The smallest absolute Gasteiger partial charge is 0.330 e. The fourth-order valence-electron chi connectivity index (χ4n) is 1.33. The Hall–Kier alpha value is -1.22. The number of ether oxygens (including phenoxy) is 1. The third-order valence-electron chi connectivity index (χ3n) is 2.04. The first kappa shape index (κ1) is 12.8. The van der Waals surface area contributed by atoms with E-state index in [1.54, 1.807) is 18.7 Å². The molecule has 1 aromatic carbocycles. The topological polar surface area (TPSA) is 26.3 Å². The molecule has 0 aliphatic carbocycles. The maximum Gasteiger partial charge on any atom is 0.330 e. The third-order valence-corrected chi connectivity index (χ3v) is 2.64. The Morgan fingerprint density at radius 2 is 2.19 bits per heavy atom. The standard InChI is InChI=1S/C13H16O2S/c1-3-15-13(14)9-8-11-6-4-5-7-12(11)10-16-2/h4-9H,3,10H2,1-2H3/b9-8+. The van der Waals surface area contributed by atoms with Crippen molar-refractivity contribution in [2.75, 3.05) is 12.9 Å². The number of carbonyl (C=O) groups excluding carboxylic acids is 1. The van der Waals surface area contributed by atoms with Gasteiger partial charge in [0.05, 0.1) is 6.61 Å². The van der Waals surface area contributed by atoms with Crippen molar-refractivity contribution < 1.29 is 9.53 Å². The number of carbonyl (C=O) groups is 1. The molecule has 0 N–H and O–H groups in total. The second-order valence-electron chi connectivity index (χ2n) is 3.22. The van der Waals surface area contributed by atoms with Crippen molar-refractivity contribution in [3.8, 4) is 0 Å². The van der Waals surface area contributed by atoms with E-state index in [0.717, 1.165) is 11.3 Å². The lowest BCUT2D eigenvalue weighted by atomic mass is 10.1. The molecule has 86 valence electrons. The van der Waals surface area contributed by atoms with Gasteiger partial charge in [0.15, 0.2) is 0 Å². The van der Waals surface area contributed by atoms with Gasteiger partial charge in [0.1, 0.15) is 0 Å². The molecule has 0 aliphatic rings. The van der Waals surface area contributed by atoms with Crippen molar-refractivity contribution in [3.05, 3.63) is 41.5 Å². The maximum absolute atomic E-state index is 11.2. The quantitative estimate of drug-likeness (QED) is 0.580. The normalized spacial score (nSPS) is 10.6. The Morgan fingerprint density at radius 1 is 1.44 bits per heavy atom. The minimum Gasteiger partial charge on any atom is -0.463 e. The van der Waals surface area contributed by atoms with Crippen LogP contribution in [0.2, 0.25) is 0 Å². The van der Waals surface area contributed by atoms with E-state index in [9.17, 15) is 4.79 Å². The highest BCUT2D eigenvalue weighted by atomic mass is 32.2. The molecule has 0 saturated heterocycles. The van der Waals surface area contributed by atoms with Gasteiger partial charge in [-0.05, 0) is 30.4 Å². The third kappa shape index (κ3) is 4.11. The number of thioether (sulfide) groups is 1. The summed E-state index contributed by atoms with van der Waals surface area (Å²) in [7, 11) is 0. The van der Waals surface area contributed by atoms with Crippen molar-refractivity contribution in [2.24, 2.45) is 0 Å². The number of hydrogen-bond donors (Lipinski definition) is 0. The van der Waals surface area contributed by atoms with Gasteiger partial charge in [0.2, 0.25) is 0 Å². The Kier molecular flexibility index (Phi) is 5.72. The summed E-state index contributed by atoms with van der Waals surface area (Å²) in [5.74, 6) is 0.657. The minimum absolute atomic E-state index is 0.290. The van der Waals surface area contributed by atoms with Gasteiger partial charge in [-0.25, -0.2) is 4.79 Å². The van der Waals surface area contributed by atoms with Gasteiger partial charge in [0.25, 0.3) is 0 Å². The summed E-state index contributed by atoms with van der Waals surface area (Å²) in [6.45, 7) is 2.21. The van der Waals surface area contributed by atoms with Crippen LogP contribution in [-0.2, 0) is 15.3 Å². The first-order chi connectivity index (χ1) is 7.77. The molecule has 0 aliphatic heterocycles. The van der Waals surface area contributed by atoms with Gasteiger partial charge >= 0.3 is 5.97 Å². The van der Waals surface area contributed by atoms with E-state index in [1.807, 2.05) is 24.3 Å². The predicted octanol–water partition coefficient (Wildman–Crippen LogP) is 3.13. The molecule has 2 nitrogen and oxygen atoms in total. The van der Waals surface area contributed by atoms with Gasteiger partial charge < -0.3 is 4.74 Å². The van der Waals surface area contributed by atoms with Crippen LogP contribution in [0, 0.1) is 0 Å². The highest BCUT2D eigenvalue weighted by Gasteiger charge is 1.99. The lowest BCUT2D eigenvalue weighted by Gasteiger charge is -2.03. The zero-order valence-corrected chi connectivity index (χ0v) is 10.4. The van der Waals surface area contributed by atoms with Gasteiger partial charge in [-0.1, -0.05) is 24.3 Å². The van der Waals surface area contributed by atoms with Crippen molar-refractivity contribution in [1.82, 2.24) is 0 Å². The molecular weight excluding hydrogens is 220 g/mol. The molecule has 0 amide bonds. The summed E-state index contributed by atoms with van der Waals surface area (Å²) in [5, 5.41) is 0. The lowest BCUT2D eigenvalue weighted by Crippen LogP contribution is -1.98. The van der Waals surface area contributed by atoms with Crippen LogP contribution in [0.1, 0.15) is 18.1 Å². The van der Waals surface area contributed by atoms with E-state index in [4.69, 9.17) is 4.74 Å². The summed E-state index contributed by atoms with van der Waals surface area (Å²) >= 11 is 1.76. The average molecular weight is 236 g/mol. The Balaban J connectivity index is 2.75. The van der Waals surface area contributed by atoms with Crippen molar-refractivity contribution in [1.29, 1.82) is 0 Å². The van der Waals surface area contributed by atoms with Crippen molar-refractivity contribution >= 4 is 23.8 Å². The molecule has 0 unspecified atom stereocenters. The molecule has 1 aromatic rings. The predicted molar refractivity (Wildman–Crippen MR) is 69.3 cm³/mol. The van der Waals surface area contributed by atoms with Crippen LogP contribution in [0.4, 0.5) is 0 Å². The SMILES string of the molecule is CCOC(=O)/C=C/c1ccccc1CSC. The van der Waals surface area contributed by atoms with E-state index < -0.39 is 0 Å². The monoisotopic (exact) mass is 236 g/mol. The highest BCUT2D eigenvalue weighted by Crippen LogP contribution is 2.16. The Morgan fingerprint density at radius 3 is 2.88 bits per heavy atom. The summed E-state index contributed by atoms with van der Waals surface area (Å²) in [5.41, 5.74) is 2.31. The molecule has 1 rings (SSSR count). The van der Waals surface area contributed by atoms with E-state index in [1.165, 1.54) is 11.6 Å². The van der Waals surface area contributed by atoms with Crippen LogP contribution in [0.5, 0.6) is 0 Å². The van der Waals surface area contributed by atoms with Gasteiger partial charge in [-0.3, -0.25) is 0 Å². The van der Waals surface area contributed by atoms with Crippen LogP contribution < -0.4 is 0 Å². The van der Waals surface area contributed by atoms with E-state index in [2.05, 4.69) is 12.3 Å².